The van der Waals surface area contributed by atoms with E-state index in [1.165, 1.54) is 50.3 Å². The number of hydrogen-bond donors (Lipinski definition) is 5. The number of aromatic hydroxyl groups is 2. The van der Waals surface area contributed by atoms with Gasteiger partial charge in [-0.1, -0.05) is 0 Å². The van der Waals surface area contributed by atoms with Crippen LogP contribution in [0, 0.1) is 23.7 Å². The van der Waals surface area contributed by atoms with Crippen molar-refractivity contribution in [3.63, 3.8) is 0 Å². The van der Waals surface area contributed by atoms with Gasteiger partial charge < -0.3 is 21.0 Å². The second-order valence-electron chi connectivity index (χ2n) is 8.57. The number of hydrazine groups is 1. The van der Waals surface area contributed by atoms with Crippen LogP contribution in [0.2, 0.25) is 0 Å². The maximum absolute atomic E-state index is 12.4. The SMILES string of the molecule is C/C(=C/C(=O)NC1C2CC3CC(C2)CC1C3)NNC(=O)c1ccc(O)cc1O. The topological polar surface area (TPSA) is 111 Å². The Morgan fingerprint density at radius 1 is 1.00 bits per heavy atom. The Hall–Kier alpha value is -2.70. The standard InChI is InChI=1S/C21H27N3O4/c1-11(23-24-21(28)17-3-2-16(25)10-18(17)26)4-19(27)22-20-14-6-12-5-13(8-14)9-15(20)7-12/h2-4,10,12-15,20,23,25-26H,5-9H2,1H3,(H,22,27)(H,24,28)/b11-4-. The van der Waals surface area contributed by atoms with E-state index in [1.54, 1.807) is 6.92 Å². The number of rotatable bonds is 5. The average molecular weight is 385 g/mol. The Kier molecular flexibility index (Phi) is 4.91. The van der Waals surface area contributed by atoms with E-state index in [4.69, 9.17) is 0 Å². The zero-order valence-electron chi connectivity index (χ0n) is 15.9. The summed E-state index contributed by atoms with van der Waals surface area (Å²) in [5, 5.41) is 22.2. The van der Waals surface area contributed by atoms with Gasteiger partial charge in [0.15, 0.2) is 0 Å². The second kappa shape index (κ2) is 7.37. The van der Waals surface area contributed by atoms with E-state index in [0.717, 1.165) is 17.9 Å². The van der Waals surface area contributed by atoms with E-state index < -0.39 is 5.91 Å². The molecule has 1 aromatic carbocycles. The Bertz CT molecular complexity index is 792. The molecule has 0 unspecified atom stereocenters. The molecular formula is C21H27N3O4. The molecule has 2 amide bonds. The minimum absolute atomic E-state index is 0.0242. The number of phenolic OH excluding ortho intramolecular Hbond substituents is 2. The maximum atomic E-state index is 12.4. The average Bonchev–Trinajstić information content (AvgIpc) is 2.62. The highest BCUT2D eigenvalue weighted by atomic mass is 16.3. The number of hydrogen-bond acceptors (Lipinski definition) is 5. The number of benzene rings is 1. The molecule has 150 valence electrons. The van der Waals surface area contributed by atoms with Crippen molar-refractivity contribution in [2.75, 3.05) is 0 Å². The highest BCUT2D eigenvalue weighted by Crippen LogP contribution is 2.53. The molecular weight excluding hydrogens is 358 g/mol. The van der Waals surface area contributed by atoms with Gasteiger partial charge >= 0.3 is 0 Å². The van der Waals surface area contributed by atoms with Gasteiger partial charge in [-0.15, -0.1) is 0 Å². The van der Waals surface area contributed by atoms with Gasteiger partial charge in [0.2, 0.25) is 5.91 Å². The number of nitrogens with one attached hydrogen (secondary N) is 3. The van der Waals surface area contributed by atoms with Crippen molar-refractivity contribution in [3.05, 3.63) is 35.5 Å². The molecule has 7 heteroatoms. The first-order valence-electron chi connectivity index (χ1n) is 9.96. The summed E-state index contributed by atoms with van der Waals surface area (Å²) in [4.78, 5) is 24.6. The fourth-order valence-electron chi connectivity index (χ4n) is 5.53. The molecule has 4 fully saturated rings. The van der Waals surface area contributed by atoms with Crippen molar-refractivity contribution < 1.29 is 19.8 Å². The third-order valence-electron chi connectivity index (χ3n) is 6.48. The van der Waals surface area contributed by atoms with Gasteiger partial charge in [0.1, 0.15) is 11.5 Å². The molecule has 7 nitrogen and oxygen atoms in total. The van der Waals surface area contributed by atoms with Crippen LogP contribution in [0.25, 0.3) is 0 Å². The maximum Gasteiger partial charge on any atom is 0.273 e. The van der Waals surface area contributed by atoms with Crippen molar-refractivity contribution in [2.45, 2.75) is 45.1 Å². The van der Waals surface area contributed by atoms with Crippen molar-refractivity contribution in [3.8, 4) is 11.5 Å². The Morgan fingerprint density at radius 3 is 2.25 bits per heavy atom. The van der Waals surface area contributed by atoms with Gasteiger partial charge in [-0.25, -0.2) is 0 Å². The van der Waals surface area contributed by atoms with Crippen LogP contribution in [0.5, 0.6) is 11.5 Å². The number of carbonyl (C=O) groups is 2. The molecule has 4 bridgehead atoms. The Balaban J connectivity index is 1.30. The van der Waals surface area contributed by atoms with Crippen LogP contribution in [0.15, 0.2) is 30.0 Å². The van der Waals surface area contributed by atoms with Crippen LogP contribution < -0.4 is 16.2 Å². The molecule has 4 aliphatic carbocycles. The molecule has 0 aromatic heterocycles. The highest BCUT2D eigenvalue weighted by molar-refractivity contribution is 5.96. The van der Waals surface area contributed by atoms with Crippen molar-refractivity contribution in [1.82, 2.24) is 16.2 Å². The van der Waals surface area contributed by atoms with Gasteiger partial charge in [0.05, 0.1) is 5.56 Å². The Labute approximate surface area is 164 Å². The minimum atomic E-state index is -0.563. The molecule has 0 heterocycles. The van der Waals surface area contributed by atoms with E-state index in [0.29, 0.717) is 17.5 Å². The van der Waals surface area contributed by atoms with Crippen molar-refractivity contribution in [2.24, 2.45) is 23.7 Å². The van der Waals surface area contributed by atoms with Gasteiger partial charge in [-0.2, -0.15) is 0 Å². The van der Waals surface area contributed by atoms with Gasteiger partial charge in [0.25, 0.3) is 5.91 Å². The predicted molar refractivity (Wildman–Crippen MR) is 103 cm³/mol. The zero-order valence-corrected chi connectivity index (χ0v) is 15.9. The molecule has 0 aliphatic heterocycles. The lowest BCUT2D eigenvalue weighted by atomic mass is 9.54. The van der Waals surface area contributed by atoms with Crippen LogP contribution >= 0.6 is 0 Å². The summed E-state index contributed by atoms with van der Waals surface area (Å²) >= 11 is 0. The lowest BCUT2D eigenvalue weighted by Gasteiger charge is -2.54. The van der Waals surface area contributed by atoms with Crippen LogP contribution in [-0.4, -0.2) is 28.1 Å². The fourth-order valence-corrected chi connectivity index (χ4v) is 5.53. The monoisotopic (exact) mass is 385 g/mol. The van der Waals surface area contributed by atoms with E-state index >= 15 is 0 Å². The third-order valence-corrected chi connectivity index (χ3v) is 6.48. The van der Waals surface area contributed by atoms with Gasteiger partial charge in [-0.05, 0) is 74.8 Å². The number of carbonyl (C=O) groups excluding carboxylic acids is 2. The number of allylic oxidation sites excluding steroid dienone is 1. The largest absolute Gasteiger partial charge is 0.508 e. The van der Waals surface area contributed by atoms with Crippen molar-refractivity contribution >= 4 is 11.8 Å². The van der Waals surface area contributed by atoms with Crippen LogP contribution in [-0.2, 0) is 4.79 Å². The molecule has 28 heavy (non-hydrogen) atoms. The summed E-state index contributed by atoms with van der Waals surface area (Å²) in [6, 6.07) is 4.00. The number of phenols is 2. The first kappa shape index (κ1) is 18.7. The first-order valence-corrected chi connectivity index (χ1v) is 9.96. The summed E-state index contributed by atoms with van der Waals surface area (Å²) < 4.78 is 0. The minimum Gasteiger partial charge on any atom is -0.508 e. The lowest BCUT2D eigenvalue weighted by molar-refractivity contribution is -0.120. The molecule has 0 spiro atoms. The molecule has 1 aromatic rings. The molecule has 0 atom stereocenters. The lowest BCUT2D eigenvalue weighted by Crippen LogP contribution is -2.55. The predicted octanol–water partition coefficient (Wildman–Crippen LogP) is 2.18. The molecule has 5 N–H and O–H groups in total. The van der Waals surface area contributed by atoms with E-state index in [1.807, 2.05) is 0 Å². The summed E-state index contributed by atoms with van der Waals surface area (Å²) in [6.07, 6.45) is 7.79. The third kappa shape index (κ3) is 3.79. The highest BCUT2D eigenvalue weighted by Gasteiger charge is 2.48. The van der Waals surface area contributed by atoms with Crippen LogP contribution in [0.1, 0.15) is 49.4 Å². The van der Waals surface area contributed by atoms with Crippen LogP contribution in [0.4, 0.5) is 0 Å². The molecule has 0 saturated heterocycles. The molecule has 0 radical (unpaired) electrons. The van der Waals surface area contributed by atoms with Gasteiger partial charge in [-0.3, -0.25) is 15.0 Å². The molecule has 4 saturated carbocycles. The summed E-state index contributed by atoms with van der Waals surface area (Å²) in [5.74, 6) is 1.79. The normalized spacial score (nSPS) is 30.8. The Morgan fingerprint density at radius 2 is 1.64 bits per heavy atom. The number of amides is 2. The van der Waals surface area contributed by atoms with E-state index in [9.17, 15) is 19.8 Å². The summed E-state index contributed by atoms with van der Waals surface area (Å²) in [7, 11) is 0. The second-order valence-corrected chi connectivity index (χ2v) is 8.57. The molecule has 5 rings (SSSR count). The van der Waals surface area contributed by atoms with Crippen molar-refractivity contribution in [1.29, 1.82) is 0 Å². The smallest absolute Gasteiger partial charge is 0.273 e. The first-order chi connectivity index (χ1) is 13.4. The summed E-state index contributed by atoms with van der Waals surface area (Å²) in [6.45, 7) is 1.69. The van der Waals surface area contributed by atoms with Gasteiger partial charge in [0, 0.05) is 23.9 Å². The molecule has 4 aliphatic rings. The van der Waals surface area contributed by atoms with Crippen LogP contribution in [0.3, 0.4) is 0 Å². The zero-order chi connectivity index (χ0) is 19.8. The van der Waals surface area contributed by atoms with E-state index in [-0.39, 0.29) is 29.0 Å². The summed E-state index contributed by atoms with van der Waals surface area (Å²) in [5.41, 5.74) is 5.64. The van der Waals surface area contributed by atoms with E-state index in [2.05, 4.69) is 16.2 Å². The quantitative estimate of drug-likeness (QED) is 0.394. The fraction of sp³-hybridized carbons (Fsp3) is 0.524.